The molecule has 1 saturated carbocycles. The maximum Gasteiger partial charge on any atom is 0.272 e. The summed E-state index contributed by atoms with van der Waals surface area (Å²) in [4.78, 5) is 46.9. The van der Waals surface area contributed by atoms with Crippen molar-refractivity contribution < 1.29 is 19.4 Å². The fourth-order valence-electron chi connectivity index (χ4n) is 5.54. The van der Waals surface area contributed by atoms with Gasteiger partial charge in [0.2, 0.25) is 0 Å². The molecule has 0 heterocycles. The van der Waals surface area contributed by atoms with E-state index in [1.165, 1.54) is 36.4 Å². The SMILES string of the molecule is Cc1cc(C(=O)NC[C@@]2(C)C[C@H](NC(=O)c3ccc([N+](=O)[O-])c(C)c3)CC(C)(C)C2)ccc1[N+](=O)[O-]. The fraction of sp³-hybridized carbons (Fsp3) is 0.462. The molecular weight excluding hydrogens is 464 g/mol. The van der Waals surface area contributed by atoms with E-state index in [9.17, 15) is 29.8 Å². The van der Waals surface area contributed by atoms with Gasteiger partial charge in [-0.25, -0.2) is 0 Å². The number of nitrogens with one attached hydrogen (secondary N) is 2. The van der Waals surface area contributed by atoms with Crippen molar-refractivity contribution in [2.24, 2.45) is 10.8 Å². The van der Waals surface area contributed by atoms with Gasteiger partial charge in [0, 0.05) is 47.0 Å². The van der Waals surface area contributed by atoms with E-state index in [-0.39, 0.29) is 40.1 Å². The number of amides is 2. The molecule has 2 amide bonds. The third-order valence-electron chi connectivity index (χ3n) is 6.77. The van der Waals surface area contributed by atoms with Gasteiger partial charge in [0.25, 0.3) is 23.2 Å². The topological polar surface area (TPSA) is 144 Å². The lowest BCUT2D eigenvalue weighted by atomic mass is 9.62. The van der Waals surface area contributed by atoms with E-state index in [0.717, 1.165) is 12.8 Å². The average Bonchev–Trinajstić information content (AvgIpc) is 2.75. The highest BCUT2D eigenvalue weighted by atomic mass is 16.6. The van der Waals surface area contributed by atoms with Gasteiger partial charge in [-0.1, -0.05) is 20.8 Å². The lowest BCUT2D eigenvalue weighted by molar-refractivity contribution is -0.385. The Labute approximate surface area is 209 Å². The molecule has 1 aliphatic carbocycles. The Morgan fingerprint density at radius 1 is 0.889 bits per heavy atom. The van der Waals surface area contributed by atoms with Crippen LogP contribution in [0.25, 0.3) is 0 Å². The van der Waals surface area contributed by atoms with Crippen molar-refractivity contribution in [1.82, 2.24) is 10.6 Å². The summed E-state index contributed by atoms with van der Waals surface area (Å²) in [5.41, 5.74) is 1.11. The molecule has 10 nitrogen and oxygen atoms in total. The van der Waals surface area contributed by atoms with E-state index >= 15 is 0 Å². The monoisotopic (exact) mass is 496 g/mol. The number of rotatable bonds is 7. The normalized spacial score (nSPS) is 20.9. The van der Waals surface area contributed by atoms with Gasteiger partial charge in [-0.3, -0.25) is 29.8 Å². The number of hydrogen-bond acceptors (Lipinski definition) is 6. The molecule has 10 heteroatoms. The second kappa shape index (κ2) is 10.0. The molecule has 36 heavy (non-hydrogen) atoms. The second-order valence-corrected chi connectivity index (χ2v) is 10.9. The van der Waals surface area contributed by atoms with E-state index in [1.807, 2.05) is 0 Å². The van der Waals surface area contributed by atoms with Gasteiger partial charge in [-0.15, -0.1) is 0 Å². The standard InChI is InChI=1S/C26H32N4O6/c1-16-10-18(6-8-21(16)29(33)34)23(31)27-15-26(5)13-20(12-25(3,4)14-26)28-24(32)19-7-9-22(30(35)36)17(2)11-19/h6-11,20H,12-15H2,1-5H3,(H,27,31)(H,28,32)/t20-,26+/m1/s1. The Hall–Kier alpha value is -3.82. The molecule has 0 bridgehead atoms. The lowest BCUT2D eigenvalue weighted by Gasteiger charge is -2.47. The van der Waals surface area contributed by atoms with Crippen molar-refractivity contribution in [3.8, 4) is 0 Å². The van der Waals surface area contributed by atoms with Crippen LogP contribution >= 0.6 is 0 Å². The molecule has 1 fully saturated rings. The zero-order valence-corrected chi connectivity index (χ0v) is 21.2. The zero-order chi connectivity index (χ0) is 26.8. The van der Waals surface area contributed by atoms with Crippen LogP contribution in [-0.2, 0) is 0 Å². The van der Waals surface area contributed by atoms with Crippen molar-refractivity contribution >= 4 is 23.2 Å². The van der Waals surface area contributed by atoms with Crippen molar-refractivity contribution in [2.75, 3.05) is 6.54 Å². The van der Waals surface area contributed by atoms with E-state index < -0.39 is 9.85 Å². The molecule has 0 unspecified atom stereocenters. The number of nitro groups is 2. The maximum atomic E-state index is 12.9. The molecule has 1 aliphatic rings. The molecule has 2 atom stereocenters. The summed E-state index contributed by atoms with van der Waals surface area (Å²) < 4.78 is 0. The Bertz CT molecular complexity index is 1220. The molecule has 0 radical (unpaired) electrons. The summed E-state index contributed by atoms with van der Waals surface area (Å²) >= 11 is 0. The van der Waals surface area contributed by atoms with Gasteiger partial charge in [-0.05, 0) is 68.2 Å². The highest BCUT2D eigenvalue weighted by molar-refractivity contribution is 5.95. The molecular formula is C26H32N4O6. The van der Waals surface area contributed by atoms with Crippen LogP contribution in [-0.4, -0.2) is 34.2 Å². The first-order valence-electron chi connectivity index (χ1n) is 11.8. The summed E-state index contributed by atoms with van der Waals surface area (Å²) in [5.74, 6) is -0.594. The Morgan fingerprint density at radius 3 is 1.86 bits per heavy atom. The molecule has 0 spiro atoms. The number of hydrogen-bond donors (Lipinski definition) is 2. The first-order chi connectivity index (χ1) is 16.7. The third-order valence-corrected chi connectivity index (χ3v) is 6.77. The zero-order valence-electron chi connectivity index (χ0n) is 21.2. The molecule has 3 rings (SSSR count). The number of nitrogens with zero attached hydrogens (tertiary/aromatic N) is 2. The van der Waals surface area contributed by atoms with Gasteiger partial charge in [0.1, 0.15) is 0 Å². The molecule has 2 aromatic rings. The van der Waals surface area contributed by atoms with Crippen molar-refractivity contribution in [3.63, 3.8) is 0 Å². The van der Waals surface area contributed by atoms with E-state index in [4.69, 9.17) is 0 Å². The molecule has 2 aromatic carbocycles. The van der Waals surface area contributed by atoms with Crippen LogP contribution in [0.15, 0.2) is 36.4 Å². The van der Waals surface area contributed by atoms with Crippen molar-refractivity contribution in [2.45, 2.75) is 59.9 Å². The van der Waals surface area contributed by atoms with Crippen LogP contribution in [0.1, 0.15) is 71.9 Å². The van der Waals surface area contributed by atoms with Crippen LogP contribution in [0, 0.1) is 44.9 Å². The van der Waals surface area contributed by atoms with E-state index in [2.05, 4.69) is 31.4 Å². The third kappa shape index (κ3) is 6.24. The predicted molar refractivity (Wildman–Crippen MR) is 135 cm³/mol. The van der Waals surface area contributed by atoms with Gasteiger partial charge >= 0.3 is 0 Å². The summed E-state index contributed by atoms with van der Waals surface area (Å²) in [5, 5.41) is 28.2. The summed E-state index contributed by atoms with van der Waals surface area (Å²) in [6.45, 7) is 9.91. The van der Waals surface area contributed by atoms with Crippen LogP contribution in [0.5, 0.6) is 0 Å². The molecule has 0 aromatic heterocycles. The quantitative estimate of drug-likeness (QED) is 0.413. The maximum absolute atomic E-state index is 12.9. The Balaban J connectivity index is 1.69. The number of nitro benzene ring substituents is 2. The Morgan fingerprint density at radius 2 is 1.39 bits per heavy atom. The highest BCUT2D eigenvalue weighted by Crippen LogP contribution is 2.46. The van der Waals surface area contributed by atoms with Crippen LogP contribution in [0.2, 0.25) is 0 Å². The highest BCUT2D eigenvalue weighted by Gasteiger charge is 2.42. The number of carbonyl (C=O) groups is 2. The first-order valence-corrected chi connectivity index (χ1v) is 11.8. The number of carbonyl (C=O) groups excluding carboxylic acids is 2. The average molecular weight is 497 g/mol. The largest absolute Gasteiger partial charge is 0.351 e. The molecule has 192 valence electrons. The van der Waals surface area contributed by atoms with Gasteiger partial charge in [0.05, 0.1) is 9.85 Å². The fourth-order valence-corrected chi connectivity index (χ4v) is 5.54. The van der Waals surface area contributed by atoms with E-state index in [0.29, 0.717) is 35.2 Å². The summed E-state index contributed by atoms with van der Waals surface area (Å²) in [6, 6.07) is 8.47. The second-order valence-electron chi connectivity index (χ2n) is 10.9. The van der Waals surface area contributed by atoms with Crippen molar-refractivity contribution in [3.05, 3.63) is 78.9 Å². The first kappa shape index (κ1) is 26.8. The van der Waals surface area contributed by atoms with Crippen LogP contribution in [0.3, 0.4) is 0 Å². The Kier molecular flexibility index (Phi) is 7.47. The molecule has 0 aliphatic heterocycles. The van der Waals surface area contributed by atoms with Gasteiger partial charge in [-0.2, -0.15) is 0 Å². The van der Waals surface area contributed by atoms with Gasteiger partial charge in [0.15, 0.2) is 0 Å². The molecule has 0 saturated heterocycles. The summed E-state index contributed by atoms with van der Waals surface area (Å²) in [6.07, 6.45) is 2.24. The van der Waals surface area contributed by atoms with Gasteiger partial charge < -0.3 is 10.6 Å². The molecule has 2 N–H and O–H groups in total. The number of benzene rings is 2. The minimum absolute atomic E-state index is 0.0307. The lowest BCUT2D eigenvalue weighted by Crippen LogP contribution is -2.50. The van der Waals surface area contributed by atoms with Crippen LogP contribution < -0.4 is 10.6 Å². The van der Waals surface area contributed by atoms with Crippen LogP contribution in [0.4, 0.5) is 11.4 Å². The minimum atomic E-state index is -0.478. The van der Waals surface area contributed by atoms with Crippen molar-refractivity contribution in [1.29, 1.82) is 0 Å². The number of aryl methyl sites for hydroxylation is 2. The minimum Gasteiger partial charge on any atom is -0.351 e. The predicted octanol–water partition coefficient (Wildman–Crippen LogP) is 4.86. The summed E-state index contributed by atoms with van der Waals surface area (Å²) in [7, 11) is 0. The smallest absolute Gasteiger partial charge is 0.272 e. The van der Waals surface area contributed by atoms with E-state index in [1.54, 1.807) is 13.8 Å².